The van der Waals surface area contributed by atoms with Crippen molar-refractivity contribution in [3.63, 3.8) is 0 Å². The summed E-state index contributed by atoms with van der Waals surface area (Å²) in [7, 11) is -1.47. The second kappa shape index (κ2) is 7.57. The lowest BCUT2D eigenvalue weighted by Gasteiger charge is -2.24. The van der Waals surface area contributed by atoms with Crippen LogP contribution in [-0.4, -0.2) is 13.2 Å². The van der Waals surface area contributed by atoms with E-state index in [1.807, 2.05) is 30.3 Å². The van der Waals surface area contributed by atoms with Crippen LogP contribution in [0, 0.1) is 0 Å². The Hall–Kier alpha value is -1.64. The Morgan fingerprint density at radius 2 is 1.55 bits per heavy atom. The van der Waals surface area contributed by atoms with Crippen LogP contribution in [0.25, 0.3) is 0 Å². The summed E-state index contributed by atoms with van der Waals surface area (Å²) in [5.41, 5.74) is 2.25. The van der Waals surface area contributed by atoms with Gasteiger partial charge in [0.2, 0.25) is 0 Å². The van der Waals surface area contributed by atoms with E-state index in [-0.39, 0.29) is 6.10 Å². The zero-order chi connectivity index (χ0) is 16.0. The largest absolute Gasteiger partial charge is 0.388 e. The molecule has 2 aromatic rings. The van der Waals surface area contributed by atoms with E-state index in [4.69, 9.17) is 0 Å². The molecule has 0 aliphatic carbocycles. The molecule has 1 unspecified atom stereocenters. The summed E-state index contributed by atoms with van der Waals surface area (Å²) in [6, 6.07) is 21.7. The lowest BCUT2D eigenvalue weighted by molar-refractivity contribution is 0.168. The van der Waals surface area contributed by atoms with Gasteiger partial charge in [-0.1, -0.05) is 84.5 Å². The van der Waals surface area contributed by atoms with E-state index in [2.05, 4.69) is 50.0 Å². The Kier molecular flexibility index (Phi) is 5.75. The predicted molar refractivity (Wildman–Crippen MR) is 98.1 cm³/mol. The van der Waals surface area contributed by atoms with Gasteiger partial charge in [0.05, 0.1) is 14.2 Å². The van der Waals surface area contributed by atoms with E-state index < -0.39 is 8.07 Å². The van der Waals surface area contributed by atoms with Crippen molar-refractivity contribution in [2.75, 3.05) is 0 Å². The lowest BCUT2D eigenvalue weighted by Crippen LogP contribution is -2.41. The summed E-state index contributed by atoms with van der Waals surface area (Å²) in [5, 5.41) is 11.7. The normalized spacial score (nSPS) is 12.9. The predicted octanol–water partition coefficient (Wildman–Crippen LogP) is 4.67. The molecule has 0 aliphatic heterocycles. The smallest absolute Gasteiger partial charge is 0.0845 e. The zero-order valence-corrected chi connectivity index (χ0v) is 14.6. The molecule has 1 nitrogen and oxygen atoms in total. The van der Waals surface area contributed by atoms with Crippen LogP contribution in [-0.2, 0) is 0 Å². The van der Waals surface area contributed by atoms with Crippen molar-refractivity contribution in [1.29, 1.82) is 0 Å². The maximum Gasteiger partial charge on any atom is 0.0845 e. The SMILES string of the molecule is C=C(CCC(O)c1ccccc1)C[Si](C)(C)c1ccccc1. The van der Waals surface area contributed by atoms with E-state index >= 15 is 0 Å². The number of aliphatic hydroxyl groups excluding tert-OH is 1. The maximum atomic E-state index is 10.3. The second-order valence-corrected chi connectivity index (χ2v) is 11.3. The Morgan fingerprint density at radius 3 is 2.14 bits per heavy atom. The van der Waals surface area contributed by atoms with Crippen LogP contribution in [0.15, 0.2) is 72.8 Å². The molecule has 0 aromatic heterocycles. The third-order valence-corrected chi connectivity index (χ3v) is 7.48. The summed E-state index contributed by atoms with van der Waals surface area (Å²) < 4.78 is 0. The molecule has 0 aliphatic rings. The van der Waals surface area contributed by atoms with Crippen LogP contribution >= 0.6 is 0 Å². The minimum atomic E-state index is -1.47. The number of aliphatic hydroxyl groups is 1. The van der Waals surface area contributed by atoms with Crippen LogP contribution in [0.3, 0.4) is 0 Å². The fraction of sp³-hybridized carbons (Fsp3) is 0.300. The molecule has 1 atom stereocenters. The summed E-state index contributed by atoms with van der Waals surface area (Å²) in [6.45, 7) is 9.03. The summed E-state index contributed by atoms with van der Waals surface area (Å²) >= 11 is 0. The molecule has 0 spiro atoms. The first-order valence-corrected chi connectivity index (χ1v) is 11.1. The summed E-state index contributed by atoms with van der Waals surface area (Å²) in [6.07, 6.45) is 1.25. The highest BCUT2D eigenvalue weighted by atomic mass is 28.3. The molecule has 0 saturated heterocycles. The van der Waals surface area contributed by atoms with E-state index in [9.17, 15) is 5.11 Å². The van der Waals surface area contributed by atoms with Crippen molar-refractivity contribution < 1.29 is 5.11 Å². The molecule has 116 valence electrons. The van der Waals surface area contributed by atoms with Crippen LogP contribution in [0.4, 0.5) is 0 Å². The van der Waals surface area contributed by atoms with Gasteiger partial charge in [0, 0.05) is 0 Å². The molecule has 2 aromatic carbocycles. The van der Waals surface area contributed by atoms with Crippen molar-refractivity contribution >= 4 is 13.3 Å². The second-order valence-electron chi connectivity index (χ2n) is 6.64. The van der Waals surface area contributed by atoms with Gasteiger partial charge in [-0.25, -0.2) is 0 Å². The van der Waals surface area contributed by atoms with Crippen LogP contribution in [0.2, 0.25) is 19.1 Å². The topological polar surface area (TPSA) is 20.2 Å². The minimum Gasteiger partial charge on any atom is -0.388 e. The lowest BCUT2D eigenvalue weighted by atomic mass is 10.0. The average molecular weight is 311 g/mol. The molecule has 0 fully saturated rings. The third kappa shape index (κ3) is 4.69. The quantitative estimate of drug-likeness (QED) is 0.582. The van der Waals surface area contributed by atoms with Crippen molar-refractivity contribution in [3.8, 4) is 0 Å². The first-order valence-electron chi connectivity index (χ1n) is 7.94. The van der Waals surface area contributed by atoms with Crippen molar-refractivity contribution in [3.05, 3.63) is 78.4 Å². The van der Waals surface area contributed by atoms with Gasteiger partial charge in [-0.15, -0.1) is 6.58 Å². The molecule has 2 rings (SSSR count). The molecule has 0 radical (unpaired) electrons. The molecule has 0 bridgehead atoms. The van der Waals surface area contributed by atoms with Gasteiger partial charge in [0.25, 0.3) is 0 Å². The van der Waals surface area contributed by atoms with Gasteiger partial charge >= 0.3 is 0 Å². The highest BCUT2D eigenvalue weighted by Crippen LogP contribution is 2.24. The van der Waals surface area contributed by atoms with E-state index in [1.165, 1.54) is 10.8 Å². The first-order chi connectivity index (χ1) is 10.5. The van der Waals surface area contributed by atoms with Gasteiger partial charge < -0.3 is 5.11 Å². The monoisotopic (exact) mass is 310 g/mol. The highest BCUT2D eigenvalue weighted by molar-refractivity contribution is 6.90. The van der Waals surface area contributed by atoms with E-state index in [1.54, 1.807) is 0 Å². The number of benzene rings is 2. The van der Waals surface area contributed by atoms with Crippen LogP contribution in [0.1, 0.15) is 24.5 Å². The summed E-state index contributed by atoms with van der Waals surface area (Å²) in [4.78, 5) is 0. The van der Waals surface area contributed by atoms with Crippen molar-refractivity contribution in [2.45, 2.75) is 38.1 Å². The third-order valence-electron chi connectivity index (χ3n) is 4.20. The molecular weight excluding hydrogens is 284 g/mol. The number of allylic oxidation sites excluding steroid dienone is 1. The Labute approximate surface area is 135 Å². The van der Waals surface area contributed by atoms with Crippen LogP contribution in [0.5, 0.6) is 0 Å². The van der Waals surface area contributed by atoms with Gasteiger partial charge in [-0.3, -0.25) is 0 Å². The molecule has 0 saturated carbocycles. The Morgan fingerprint density at radius 1 is 1.00 bits per heavy atom. The molecule has 0 amide bonds. The molecule has 2 heteroatoms. The molecule has 0 heterocycles. The van der Waals surface area contributed by atoms with Gasteiger partial charge in [-0.2, -0.15) is 0 Å². The average Bonchev–Trinajstić information content (AvgIpc) is 2.54. The Bertz CT molecular complexity index is 590. The zero-order valence-electron chi connectivity index (χ0n) is 13.6. The standard InChI is InChI=1S/C20H26OSi/c1-17(14-15-20(21)18-10-6-4-7-11-18)16-22(2,3)19-12-8-5-9-13-19/h4-13,20-21H,1,14-16H2,2-3H3. The molecule has 22 heavy (non-hydrogen) atoms. The molecular formula is C20H26OSi. The van der Waals surface area contributed by atoms with Gasteiger partial charge in [0.1, 0.15) is 0 Å². The Balaban J connectivity index is 1.88. The van der Waals surface area contributed by atoms with Crippen molar-refractivity contribution in [1.82, 2.24) is 0 Å². The fourth-order valence-corrected chi connectivity index (χ4v) is 5.61. The first kappa shape index (κ1) is 16.7. The number of rotatable bonds is 7. The molecule has 1 N–H and O–H groups in total. The maximum absolute atomic E-state index is 10.3. The minimum absolute atomic E-state index is 0.389. The van der Waals surface area contributed by atoms with Gasteiger partial charge in [-0.05, 0) is 24.4 Å². The summed E-state index contributed by atoms with van der Waals surface area (Å²) in [5.74, 6) is 0. The fourth-order valence-electron chi connectivity index (χ4n) is 2.89. The van der Waals surface area contributed by atoms with E-state index in [0.29, 0.717) is 0 Å². The van der Waals surface area contributed by atoms with Gasteiger partial charge in [0.15, 0.2) is 0 Å². The highest BCUT2D eigenvalue weighted by Gasteiger charge is 2.24. The number of hydrogen-bond donors (Lipinski definition) is 1. The van der Waals surface area contributed by atoms with E-state index in [0.717, 1.165) is 24.4 Å². The van der Waals surface area contributed by atoms with Crippen molar-refractivity contribution in [2.24, 2.45) is 0 Å². The van der Waals surface area contributed by atoms with Crippen LogP contribution < -0.4 is 5.19 Å². The number of hydrogen-bond acceptors (Lipinski definition) is 1.